The standard InChI is InChI=1S/C27H21N5O4S/c1-36-21-13-30-24(26-31-18(14-33)15-37-26)23-22(21)20(12-29-23)25(34)27(35)32-9-7-17(8-10-32)19(11-28)16-5-3-2-4-6-16/h2-6,12-15,29H,7-10H2,1H3. The van der Waals surface area contributed by atoms with Crippen LogP contribution in [0.15, 0.2) is 53.7 Å². The Balaban J connectivity index is 1.41. The number of likely N-dealkylation sites (tertiary alicyclic amines) is 1. The highest BCUT2D eigenvalue weighted by Gasteiger charge is 2.30. The fourth-order valence-electron chi connectivity index (χ4n) is 4.50. The number of carbonyl (C=O) groups is 3. The Labute approximate surface area is 216 Å². The number of hydrogen-bond acceptors (Lipinski definition) is 8. The van der Waals surface area contributed by atoms with Gasteiger partial charge in [-0.2, -0.15) is 5.26 Å². The number of thiazole rings is 1. The average Bonchev–Trinajstić information content (AvgIpc) is 3.61. The van der Waals surface area contributed by atoms with Crippen molar-refractivity contribution in [3.8, 4) is 22.5 Å². The van der Waals surface area contributed by atoms with Crippen molar-refractivity contribution in [3.63, 3.8) is 0 Å². The van der Waals surface area contributed by atoms with Crippen LogP contribution in [-0.2, 0) is 4.79 Å². The number of H-pyrrole nitrogens is 1. The molecule has 1 aliphatic heterocycles. The minimum Gasteiger partial charge on any atom is -0.494 e. The lowest BCUT2D eigenvalue weighted by molar-refractivity contribution is -0.126. The summed E-state index contributed by atoms with van der Waals surface area (Å²) in [5.74, 6) is -0.935. The second kappa shape index (κ2) is 10.2. The zero-order valence-electron chi connectivity index (χ0n) is 19.9. The molecule has 1 saturated heterocycles. The number of Topliss-reactive ketones (excluding diaryl/α,β-unsaturated/α-hetero) is 1. The molecule has 1 aromatic carbocycles. The Morgan fingerprint density at radius 2 is 1.97 bits per heavy atom. The molecule has 1 N–H and O–H groups in total. The van der Waals surface area contributed by atoms with Crippen molar-refractivity contribution in [2.45, 2.75) is 12.8 Å². The lowest BCUT2D eigenvalue weighted by Gasteiger charge is -2.28. The van der Waals surface area contributed by atoms with Crippen LogP contribution in [0.3, 0.4) is 0 Å². The molecule has 0 aliphatic carbocycles. The number of nitrogens with one attached hydrogen (secondary N) is 1. The number of benzene rings is 1. The van der Waals surface area contributed by atoms with Crippen LogP contribution >= 0.6 is 11.3 Å². The van der Waals surface area contributed by atoms with Gasteiger partial charge in [-0.05, 0) is 24.0 Å². The van der Waals surface area contributed by atoms with Gasteiger partial charge < -0.3 is 14.6 Å². The summed E-state index contributed by atoms with van der Waals surface area (Å²) in [7, 11) is 1.46. The van der Waals surface area contributed by atoms with Gasteiger partial charge in [-0.3, -0.25) is 14.4 Å². The summed E-state index contributed by atoms with van der Waals surface area (Å²) in [6, 6.07) is 11.8. The summed E-state index contributed by atoms with van der Waals surface area (Å²) in [5.41, 5.74) is 3.87. The van der Waals surface area contributed by atoms with E-state index in [1.807, 2.05) is 30.3 Å². The summed E-state index contributed by atoms with van der Waals surface area (Å²) in [4.78, 5) is 50.9. The second-order valence-corrected chi connectivity index (χ2v) is 9.26. The van der Waals surface area contributed by atoms with Gasteiger partial charge in [-0.25, -0.2) is 9.97 Å². The number of allylic oxidation sites excluding steroid dienone is 1. The number of ether oxygens (including phenoxy) is 1. The molecule has 5 rings (SSSR count). The number of aldehydes is 1. The zero-order valence-corrected chi connectivity index (χ0v) is 20.7. The highest BCUT2D eigenvalue weighted by atomic mass is 32.1. The second-order valence-electron chi connectivity index (χ2n) is 8.40. The predicted octanol–water partition coefficient (Wildman–Crippen LogP) is 4.29. The number of nitriles is 1. The molecule has 1 fully saturated rings. The number of pyridine rings is 1. The maximum absolute atomic E-state index is 13.4. The first-order chi connectivity index (χ1) is 18.0. The van der Waals surface area contributed by atoms with Gasteiger partial charge in [0.05, 0.1) is 41.4 Å². The van der Waals surface area contributed by atoms with Gasteiger partial charge in [0.15, 0.2) is 6.29 Å². The lowest BCUT2D eigenvalue weighted by Crippen LogP contribution is -2.40. The third kappa shape index (κ3) is 4.41. The predicted molar refractivity (Wildman–Crippen MR) is 138 cm³/mol. The van der Waals surface area contributed by atoms with Gasteiger partial charge in [0.1, 0.15) is 22.1 Å². The summed E-state index contributed by atoms with van der Waals surface area (Å²) < 4.78 is 5.44. The van der Waals surface area contributed by atoms with E-state index in [4.69, 9.17) is 4.74 Å². The summed E-state index contributed by atoms with van der Waals surface area (Å²) >= 11 is 1.25. The van der Waals surface area contributed by atoms with Crippen molar-refractivity contribution in [3.05, 3.63) is 70.5 Å². The number of aromatic amines is 1. The highest BCUT2D eigenvalue weighted by Crippen LogP contribution is 2.36. The Morgan fingerprint density at radius 3 is 2.62 bits per heavy atom. The third-order valence-corrected chi connectivity index (χ3v) is 7.23. The topological polar surface area (TPSA) is 129 Å². The van der Waals surface area contributed by atoms with Crippen molar-refractivity contribution in [2.24, 2.45) is 0 Å². The van der Waals surface area contributed by atoms with E-state index in [1.165, 1.54) is 35.7 Å². The monoisotopic (exact) mass is 511 g/mol. The first-order valence-corrected chi connectivity index (χ1v) is 12.4. The molecule has 4 aromatic rings. The fraction of sp³-hybridized carbons (Fsp3) is 0.185. The van der Waals surface area contributed by atoms with Crippen LogP contribution in [0.2, 0.25) is 0 Å². The van der Waals surface area contributed by atoms with Crippen molar-refractivity contribution < 1.29 is 19.1 Å². The van der Waals surface area contributed by atoms with E-state index < -0.39 is 11.7 Å². The molecule has 0 atom stereocenters. The van der Waals surface area contributed by atoms with E-state index >= 15 is 0 Å². The van der Waals surface area contributed by atoms with Crippen LogP contribution in [0.25, 0.3) is 27.2 Å². The fourth-order valence-corrected chi connectivity index (χ4v) is 5.27. The molecule has 0 unspecified atom stereocenters. The van der Waals surface area contributed by atoms with E-state index in [1.54, 1.807) is 5.38 Å². The Kier molecular flexibility index (Phi) is 6.62. The molecular formula is C27H21N5O4S. The van der Waals surface area contributed by atoms with Crippen molar-refractivity contribution in [1.29, 1.82) is 5.26 Å². The number of aromatic nitrogens is 3. The number of carbonyl (C=O) groups excluding carboxylic acids is 3. The summed E-state index contributed by atoms with van der Waals surface area (Å²) in [6.45, 7) is 0.690. The van der Waals surface area contributed by atoms with Crippen LogP contribution in [0.5, 0.6) is 5.75 Å². The lowest BCUT2D eigenvalue weighted by atomic mass is 9.93. The average molecular weight is 512 g/mol. The third-order valence-electron chi connectivity index (χ3n) is 6.36. The zero-order chi connectivity index (χ0) is 25.9. The highest BCUT2D eigenvalue weighted by molar-refractivity contribution is 7.13. The molecule has 3 aromatic heterocycles. The van der Waals surface area contributed by atoms with Crippen LogP contribution in [0.4, 0.5) is 0 Å². The number of fused-ring (bicyclic) bond motifs is 1. The molecule has 9 nitrogen and oxygen atoms in total. The number of nitrogens with zero attached hydrogens (tertiary/aromatic N) is 4. The largest absolute Gasteiger partial charge is 0.494 e. The molecule has 0 saturated carbocycles. The first kappa shape index (κ1) is 24.1. The van der Waals surface area contributed by atoms with E-state index in [-0.39, 0.29) is 11.3 Å². The van der Waals surface area contributed by atoms with E-state index in [0.717, 1.165) is 11.1 Å². The molecule has 0 spiro atoms. The smallest absolute Gasteiger partial charge is 0.295 e. The van der Waals surface area contributed by atoms with Gasteiger partial charge in [0.2, 0.25) is 0 Å². The molecule has 0 radical (unpaired) electrons. The van der Waals surface area contributed by atoms with Crippen molar-refractivity contribution in [1.82, 2.24) is 19.9 Å². The van der Waals surface area contributed by atoms with Crippen LogP contribution < -0.4 is 4.74 Å². The summed E-state index contributed by atoms with van der Waals surface area (Å²) in [5, 5.41) is 12.3. The number of ketones is 1. The quantitative estimate of drug-likeness (QED) is 0.177. The van der Waals surface area contributed by atoms with E-state index in [0.29, 0.717) is 65.1 Å². The van der Waals surface area contributed by atoms with Crippen molar-refractivity contribution >= 4 is 45.8 Å². The van der Waals surface area contributed by atoms with Crippen LogP contribution in [0, 0.1) is 11.3 Å². The SMILES string of the molecule is COc1cnc(-c2nc(C=O)cs2)c2[nH]cc(C(=O)C(=O)N3CCC(=C(C#N)c4ccccc4)CC3)c12. The van der Waals surface area contributed by atoms with Gasteiger partial charge >= 0.3 is 0 Å². The molecular weight excluding hydrogens is 490 g/mol. The molecule has 1 amide bonds. The van der Waals surface area contributed by atoms with Crippen molar-refractivity contribution in [2.75, 3.05) is 20.2 Å². The van der Waals surface area contributed by atoms with E-state index in [9.17, 15) is 19.6 Å². The number of amides is 1. The first-order valence-electron chi connectivity index (χ1n) is 11.5. The maximum atomic E-state index is 13.4. The minimum atomic E-state index is -0.662. The van der Waals surface area contributed by atoms with Crippen LogP contribution in [0.1, 0.15) is 39.3 Å². The summed E-state index contributed by atoms with van der Waals surface area (Å²) in [6.07, 6.45) is 4.64. The molecule has 184 valence electrons. The van der Waals surface area contributed by atoms with Gasteiger partial charge in [0.25, 0.3) is 11.7 Å². The molecule has 4 heterocycles. The number of methoxy groups -OCH3 is 1. The molecule has 37 heavy (non-hydrogen) atoms. The maximum Gasteiger partial charge on any atom is 0.295 e. The minimum absolute atomic E-state index is 0.177. The molecule has 10 heteroatoms. The number of rotatable bonds is 6. The normalized spacial score (nSPS) is 13.3. The number of hydrogen-bond donors (Lipinski definition) is 1. The van der Waals surface area contributed by atoms with Gasteiger partial charge in [0, 0.05) is 24.7 Å². The van der Waals surface area contributed by atoms with Gasteiger partial charge in [-0.15, -0.1) is 11.3 Å². The molecule has 0 bridgehead atoms. The Morgan fingerprint density at radius 1 is 1.22 bits per heavy atom. The van der Waals surface area contributed by atoms with Crippen LogP contribution in [-0.4, -0.2) is 58.0 Å². The van der Waals surface area contributed by atoms with Gasteiger partial charge in [-0.1, -0.05) is 30.3 Å². The van der Waals surface area contributed by atoms with E-state index in [2.05, 4.69) is 21.0 Å². The Hall–Kier alpha value is -4.62. The Bertz CT molecular complexity index is 1590. The molecule has 1 aliphatic rings. The number of piperidine rings is 1.